The van der Waals surface area contributed by atoms with Crippen LogP contribution < -0.4 is 5.73 Å². The average Bonchev–Trinajstić information content (AvgIpc) is 2.85. The SMILES string of the molecule is CSCCCN1OC(N)=CC1c1ccc(Cl)o1. The van der Waals surface area contributed by atoms with Crippen molar-refractivity contribution in [2.24, 2.45) is 5.73 Å². The Morgan fingerprint density at radius 2 is 2.35 bits per heavy atom. The second-order valence-corrected chi connectivity index (χ2v) is 5.09. The molecule has 0 bridgehead atoms. The molecule has 2 rings (SSSR count). The van der Waals surface area contributed by atoms with E-state index in [4.69, 9.17) is 26.6 Å². The number of hydroxylamine groups is 2. The summed E-state index contributed by atoms with van der Waals surface area (Å²) in [6.07, 6.45) is 4.95. The van der Waals surface area contributed by atoms with Crippen molar-refractivity contribution in [1.29, 1.82) is 0 Å². The van der Waals surface area contributed by atoms with E-state index in [2.05, 4.69) is 6.26 Å². The molecule has 1 atom stereocenters. The largest absolute Gasteiger partial charge is 0.448 e. The molecule has 0 saturated heterocycles. The van der Waals surface area contributed by atoms with Gasteiger partial charge in [-0.3, -0.25) is 0 Å². The lowest BCUT2D eigenvalue weighted by atomic mass is 10.2. The van der Waals surface area contributed by atoms with Crippen molar-refractivity contribution in [1.82, 2.24) is 5.06 Å². The lowest BCUT2D eigenvalue weighted by Gasteiger charge is -2.20. The van der Waals surface area contributed by atoms with Gasteiger partial charge in [-0.25, -0.2) is 0 Å². The molecule has 0 aromatic carbocycles. The number of thioether (sulfide) groups is 1. The Bertz CT molecular complexity index is 408. The molecule has 4 nitrogen and oxygen atoms in total. The van der Waals surface area contributed by atoms with Gasteiger partial charge in [0, 0.05) is 12.6 Å². The third-order valence-electron chi connectivity index (χ3n) is 2.47. The molecule has 94 valence electrons. The molecule has 6 heteroatoms. The van der Waals surface area contributed by atoms with Crippen molar-refractivity contribution >= 4 is 23.4 Å². The standard InChI is InChI=1S/C11H15ClN2O2S/c1-17-6-2-5-14-8(7-11(13)16-14)9-3-4-10(12)15-9/h3-4,7-8H,2,5-6,13H2,1H3. The van der Waals surface area contributed by atoms with Gasteiger partial charge in [-0.2, -0.15) is 11.8 Å². The Kier molecular flexibility index (Phi) is 4.25. The molecule has 0 radical (unpaired) electrons. The minimum atomic E-state index is -0.0793. The fraction of sp³-hybridized carbons (Fsp3) is 0.455. The summed E-state index contributed by atoms with van der Waals surface area (Å²) in [6, 6.07) is 3.48. The molecule has 2 heterocycles. The van der Waals surface area contributed by atoms with Crippen molar-refractivity contribution in [2.75, 3.05) is 18.6 Å². The van der Waals surface area contributed by atoms with Crippen molar-refractivity contribution in [3.8, 4) is 0 Å². The molecule has 0 fully saturated rings. The van der Waals surface area contributed by atoms with Crippen LogP contribution in [0.2, 0.25) is 5.22 Å². The molecule has 2 N–H and O–H groups in total. The summed E-state index contributed by atoms with van der Waals surface area (Å²) in [6.45, 7) is 0.807. The molecule has 1 aromatic heterocycles. The minimum absolute atomic E-state index is 0.0793. The molecule has 17 heavy (non-hydrogen) atoms. The molecule has 1 aliphatic heterocycles. The molecule has 0 amide bonds. The average molecular weight is 275 g/mol. The third kappa shape index (κ3) is 3.12. The van der Waals surface area contributed by atoms with Gasteiger partial charge in [-0.05, 0) is 42.2 Å². The van der Waals surface area contributed by atoms with Crippen molar-refractivity contribution < 1.29 is 9.25 Å². The first kappa shape index (κ1) is 12.7. The van der Waals surface area contributed by atoms with Crippen LogP contribution in [-0.2, 0) is 4.84 Å². The van der Waals surface area contributed by atoms with Crippen LogP contribution >= 0.6 is 23.4 Å². The van der Waals surface area contributed by atoms with Crippen molar-refractivity contribution in [3.63, 3.8) is 0 Å². The van der Waals surface area contributed by atoms with Crippen LogP contribution in [0.3, 0.4) is 0 Å². The van der Waals surface area contributed by atoms with Crippen LogP contribution in [0, 0.1) is 0 Å². The zero-order valence-electron chi connectivity index (χ0n) is 9.56. The normalized spacial score (nSPS) is 20.4. The molecule has 0 saturated carbocycles. The highest BCUT2D eigenvalue weighted by molar-refractivity contribution is 7.98. The molecule has 0 aliphatic carbocycles. The quantitative estimate of drug-likeness (QED) is 0.837. The van der Waals surface area contributed by atoms with E-state index in [1.54, 1.807) is 6.07 Å². The second kappa shape index (κ2) is 5.71. The van der Waals surface area contributed by atoms with Crippen LogP contribution in [0.5, 0.6) is 0 Å². The number of halogens is 1. The summed E-state index contributed by atoms with van der Waals surface area (Å²) in [5, 5.41) is 2.20. The maximum atomic E-state index is 5.77. The summed E-state index contributed by atoms with van der Waals surface area (Å²) in [4.78, 5) is 5.44. The van der Waals surface area contributed by atoms with Gasteiger partial charge >= 0.3 is 0 Å². The van der Waals surface area contributed by atoms with Crippen molar-refractivity contribution in [3.05, 3.63) is 35.1 Å². The van der Waals surface area contributed by atoms with E-state index >= 15 is 0 Å². The summed E-state index contributed by atoms with van der Waals surface area (Å²) >= 11 is 7.58. The van der Waals surface area contributed by atoms with Crippen LogP contribution in [0.25, 0.3) is 0 Å². The highest BCUT2D eigenvalue weighted by Crippen LogP contribution is 2.31. The first-order valence-electron chi connectivity index (χ1n) is 5.37. The summed E-state index contributed by atoms with van der Waals surface area (Å²) in [5.41, 5.74) is 5.68. The van der Waals surface area contributed by atoms with Crippen LogP contribution in [-0.4, -0.2) is 23.6 Å². The molecular weight excluding hydrogens is 260 g/mol. The zero-order valence-corrected chi connectivity index (χ0v) is 11.1. The number of hydrogen-bond acceptors (Lipinski definition) is 5. The topological polar surface area (TPSA) is 51.6 Å². The lowest BCUT2D eigenvalue weighted by molar-refractivity contribution is -0.122. The van der Waals surface area contributed by atoms with E-state index in [9.17, 15) is 0 Å². The Morgan fingerprint density at radius 1 is 1.53 bits per heavy atom. The van der Waals surface area contributed by atoms with Gasteiger partial charge in [0.05, 0.1) is 0 Å². The summed E-state index contributed by atoms with van der Waals surface area (Å²) in [7, 11) is 0. The molecule has 1 aliphatic rings. The smallest absolute Gasteiger partial charge is 0.207 e. The number of nitrogens with two attached hydrogens (primary N) is 1. The lowest BCUT2D eigenvalue weighted by Crippen LogP contribution is -2.25. The van der Waals surface area contributed by atoms with E-state index in [1.165, 1.54) is 0 Å². The van der Waals surface area contributed by atoms with E-state index < -0.39 is 0 Å². The first-order valence-corrected chi connectivity index (χ1v) is 7.14. The summed E-state index contributed by atoms with van der Waals surface area (Å²) < 4.78 is 5.39. The fourth-order valence-corrected chi connectivity index (χ4v) is 2.29. The monoisotopic (exact) mass is 274 g/mol. The van der Waals surface area contributed by atoms with Crippen molar-refractivity contribution in [2.45, 2.75) is 12.5 Å². The van der Waals surface area contributed by atoms with Gasteiger partial charge in [-0.1, -0.05) is 0 Å². The number of furan rings is 1. The van der Waals surface area contributed by atoms with Crippen LogP contribution in [0.4, 0.5) is 0 Å². The minimum Gasteiger partial charge on any atom is -0.448 e. The van der Waals surface area contributed by atoms with Gasteiger partial charge in [-0.15, -0.1) is 5.06 Å². The number of nitrogens with zero attached hydrogens (tertiary/aromatic N) is 1. The Morgan fingerprint density at radius 3 is 3.00 bits per heavy atom. The highest BCUT2D eigenvalue weighted by Gasteiger charge is 2.29. The fourth-order valence-electron chi connectivity index (χ4n) is 1.72. The Balaban J connectivity index is 2.02. The predicted molar refractivity (Wildman–Crippen MR) is 69.5 cm³/mol. The van der Waals surface area contributed by atoms with Gasteiger partial charge in [0.1, 0.15) is 11.8 Å². The predicted octanol–water partition coefficient (Wildman–Crippen LogP) is 2.77. The van der Waals surface area contributed by atoms with Gasteiger partial charge in [0.15, 0.2) is 5.22 Å². The highest BCUT2D eigenvalue weighted by atomic mass is 35.5. The second-order valence-electron chi connectivity index (χ2n) is 3.73. The first-order chi connectivity index (χ1) is 8.20. The Labute approximate surface area is 110 Å². The van der Waals surface area contributed by atoms with E-state index in [1.807, 2.05) is 29.0 Å². The Hall–Kier alpha value is -0.780. The summed E-state index contributed by atoms with van der Waals surface area (Å²) in [5.74, 6) is 2.25. The third-order valence-corrected chi connectivity index (χ3v) is 3.37. The maximum Gasteiger partial charge on any atom is 0.207 e. The molecule has 0 spiro atoms. The molecule has 1 unspecified atom stereocenters. The number of hydrogen-bond donors (Lipinski definition) is 1. The van der Waals surface area contributed by atoms with Gasteiger partial charge < -0.3 is 15.0 Å². The zero-order chi connectivity index (χ0) is 12.3. The molecular formula is C11H15ClN2O2S. The van der Waals surface area contributed by atoms with Crippen LogP contribution in [0.1, 0.15) is 18.2 Å². The number of rotatable bonds is 5. The van der Waals surface area contributed by atoms with E-state index in [0.717, 1.165) is 24.5 Å². The van der Waals surface area contributed by atoms with Crippen LogP contribution in [0.15, 0.2) is 28.5 Å². The maximum absolute atomic E-state index is 5.77. The van der Waals surface area contributed by atoms with Gasteiger partial charge in [0.2, 0.25) is 5.88 Å². The van der Waals surface area contributed by atoms with Gasteiger partial charge in [0.25, 0.3) is 0 Å². The molecule has 1 aromatic rings. The van der Waals surface area contributed by atoms with E-state index in [0.29, 0.717) is 11.1 Å². The van der Waals surface area contributed by atoms with E-state index in [-0.39, 0.29) is 6.04 Å².